The van der Waals surface area contributed by atoms with Crippen molar-refractivity contribution >= 4 is 20.2 Å². The maximum atomic E-state index is 4.76. The summed E-state index contributed by atoms with van der Waals surface area (Å²) in [6.07, 6.45) is 14.0. The average Bonchev–Trinajstić information content (AvgIpc) is 1.86. The molecule has 1 aliphatic carbocycles. The van der Waals surface area contributed by atoms with Gasteiger partial charge in [0.05, 0.1) is 0 Å². The van der Waals surface area contributed by atoms with E-state index in [1.165, 1.54) is 25.7 Å². The Morgan fingerprint density at radius 3 is 1.09 bits per heavy atom. The summed E-state index contributed by atoms with van der Waals surface area (Å²) < 4.78 is 0. The molecule has 0 spiro atoms. The van der Waals surface area contributed by atoms with Crippen molar-refractivity contribution in [3.8, 4) is 0 Å². The van der Waals surface area contributed by atoms with Gasteiger partial charge in [-0.1, -0.05) is 0 Å². The normalized spacial score (nSPS) is 19.5. The molecule has 0 atom stereocenters. The van der Waals surface area contributed by atoms with Crippen LogP contribution in [0.1, 0.15) is 25.7 Å². The number of halogens is 2. The number of hydrogen-bond donors (Lipinski definition) is 0. The average molecular weight is 235 g/mol. The molecule has 0 aromatic rings. The molecule has 66 valence electrons. The van der Waals surface area contributed by atoms with Crippen molar-refractivity contribution in [1.82, 2.24) is 0 Å². The second-order valence-corrected chi connectivity index (χ2v) is 3.97. The van der Waals surface area contributed by atoms with Crippen molar-refractivity contribution in [2.24, 2.45) is 0 Å². The topological polar surface area (TPSA) is 0 Å². The zero-order valence-corrected chi connectivity index (χ0v) is 8.86. The fourth-order valence-corrected chi connectivity index (χ4v) is 0.856. The first-order chi connectivity index (χ1) is 5.41. The number of rotatable bonds is 0. The third-order valence-corrected chi connectivity index (χ3v) is 1.33. The molecule has 1 fully saturated rings. The fraction of sp³-hybridized carbons (Fsp3) is 0.500. The van der Waals surface area contributed by atoms with Crippen LogP contribution in [0.3, 0.4) is 0 Å². The Labute approximate surface area is 84.6 Å². The van der Waals surface area contributed by atoms with E-state index in [2.05, 4.69) is 25.7 Å². The van der Waals surface area contributed by atoms with Gasteiger partial charge >= 0.3 is 33.3 Å². The second-order valence-electron chi connectivity index (χ2n) is 2.15. The standard InChI is InChI=1S/C8H12.2ClH.Fe/c1-2-4-6-8-7-5-3-1;;;/h1-2,7-8H,3-6H2;2*1H;/q;;;+2/p-2. The maximum absolute atomic E-state index is 4.76. The van der Waals surface area contributed by atoms with Crippen LogP contribution in [-0.2, 0) is 13.1 Å². The van der Waals surface area contributed by atoms with Crippen molar-refractivity contribution in [3.63, 3.8) is 0 Å². The van der Waals surface area contributed by atoms with Crippen LogP contribution >= 0.6 is 20.2 Å². The van der Waals surface area contributed by atoms with Crippen molar-refractivity contribution < 1.29 is 13.1 Å². The minimum atomic E-state index is 0.194. The Kier molecular flexibility index (Phi) is 12.2. The Morgan fingerprint density at radius 2 is 0.909 bits per heavy atom. The van der Waals surface area contributed by atoms with Gasteiger partial charge in [-0.2, -0.15) is 0 Å². The fourth-order valence-electron chi connectivity index (χ4n) is 0.856. The van der Waals surface area contributed by atoms with E-state index < -0.39 is 0 Å². The van der Waals surface area contributed by atoms with Gasteiger partial charge in [-0.05, 0) is 51.4 Å². The van der Waals surface area contributed by atoms with Crippen LogP contribution in [0.2, 0.25) is 0 Å². The van der Waals surface area contributed by atoms with Crippen molar-refractivity contribution in [2.45, 2.75) is 25.7 Å². The molecule has 0 aromatic heterocycles. The molecule has 11 heavy (non-hydrogen) atoms. The summed E-state index contributed by atoms with van der Waals surface area (Å²) in [6, 6.07) is 0. The van der Waals surface area contributed by atoms with Crippen LogP contribution in [-0.4, -0.2) is 0 Å². The first-order valence-electron chi connectivity index (χ1n) is 3.57. The van der Waals surface area contributed by atoms with Crippen LogP contribution in [0.5, 0.6) is 0 Å². The third kappa shape index (κ3) is 11.1. The van der Waals surface area contributed by atoms with E-state index in [9.17, 15) is 0 Å². The number of hydrogen-bond acceptors (Lipinski definition) is 0. The third-order valence-electron chi connectivity index (χ3n) is 1.33. The van der Waals surface area contributed by atoms with Crippen molar-refractivity contribution in [3.05, 3.63) is 25.7 Å². The summed E-state index contributed by atoms with van der Waals surface area (Å²) in [6.45, 7) is 0. The Bertz CT molecular complexity index is 45.1. The summed E-state index contributed by atoms with van der Waals surface area (Å²) in [5.74, 6) is 0. The van der Waals surface area contributed by atoms with Gasteiger partial charge in [-0.25, -0.2) is 0 Å². The van der Waals surface area contributed by atoms with E-state index >= 15 is 0 Å². The van der Waals surface area contributed by atoms with E-state index in [0.717, 1.165) is 0 Å². The van der Waals surface area contributed by atoms with Gasteiger partial charge in [-0.15, -0.1) is 0 Å². The van der Waals surface area contributed by atoms with Crippen LogP contribution in [0, 0.1) is 25.7 Å². The summed E-state index contributed by atoms with van der Waals surface area (Å²) in [4.78, 5) is 0. The SMILES string of the molecule is [CH]1[CH]CC[CH][CH]CC1.[Cl][Fe][Cl]. The molecule has 0 saturated heterocycles. The van der Waals surface area contributed by atoms with E-state index in [0.29, 0.717) is 0 Å². The molecule has 0 unspecified atom stereocenters. The molecular weight excluding hydrogens is 223 g/mol. The molecule has 0 aromatic carbocycles. The first kappa shape index (κ1) is 12.1. The zero-order chi connectivity index (χ0) is 8.36. The van der Waals surface area contributed by atoms with Gasteiger partial charge in [0, 0.05) is 0 Å². The predicted octanol–water partition coefficient (Wildman–Crippen LogP) is 3.75. The van der Waals surface area contributed by atoms with Crippen LogP contribution in [0.15, 0.2) is 0 Å². The van der Waals surface area contributed by atoms with Gasteiger partial charge in [-0.3, -0.25) is 0 Å². The molecule has 3 heteroatoms. The van der Waals surface area contributed by atoms with Gasteiger partial charge < -0.3 is 0 Å². The van der Waals surface area contributed by atoms with Crippen molar-refractivity contribution in [2.75, 3.05) is 0 Å². The van der Waals surface area contributed by atoms with Gasteiger partial charge in [0.15, 0.2) is 0 Å². The zero-order valence-electron chi connectivity index (χ0n) is 6.25. The molecule has 1 saturated carbocycles. The monoisotopic (exact) mass is 234 g/mol. The van der Waals surface area contributed by atoms with Gasteiger partial charge in [0.25, 0.3) is 0 Å². The molecule has 0 aliphatic heterocycles. The van der Waals surface area contributed by atoms with Crippen LogP contribution in [0.4, 0.5) is 0 Å². The molecular formula is C8H12Cl2Fe. The van der Waals surface area contributed by atoms with Gasteiger partial charge in [0.1, 0.15) is 0 Å². The quantitative estimate of drug-likeness (QED) is 0.560. The summed E-state index contributed by atoms with van der Waals surface area (Å²) in [7, 11) is 9.53. The first-order valence-corrected chi connectivity index (χ1v) is 6.61. The van der Waals surface area contributed by atoms with E-state index in [1.54, 1.807) is 0 Å². The molecule has 0 amide bonds. The molecule has 4 radical (unpaired) electrons. The van der Waals surface area contributed by atoms with E-state index in [-0.39, 0.29) is 13.1 Å². The Morgan fingerprint density at radius 1 is 0.727 bits per heavy atom. The summed E-state index contributed by atoms with van der Waals surface area (Å²) >= 11 is 0.194. The van der Waals surface area contributed by atoms with Gasteiger partial charge in [0.2, 0.25) is 0 Å². The molecule has 1 aliphatic rings. The second kappa shape index (κ2) is 11.1. The minimum absolute atomic E-state index is 0.194. The molecule has 0 N–H and O–H groups in total. The Hall–Kier alpha value is 1.10. The molecule has 0 nitrogen and oxygen atoms in total. The molecule has 0 bridgehead atoms. The molecule has 0 heterocycles. The summed E-state index contributed by atoms with van der Waals surface area (Å²) in [5.41, 5.74) is 0. The van der Waals surface area contributed by atoms with Crippen LogP contribution in [0.25, 0.3) is 0 Å². The summed E-state index contributed by atoms with van der Waals surface area (Å²) in [5, 5.41) is 0. The predicted molar refractivity (Wildman–Crippen MR) is 47.4 cm³/mol. The van der Waals surface area contributed by atoms with Crippen LogP contribution < -0.4 is 0 Å². The molecule has 1 rings (SSSR count). The van der Waals surface area contributed by atoms with Crippen molar-refractivity contribution in [1.29, 1.82) is 0 Å². The Balaban J connectivity index is 0.000000292. The van der Waals surface area contributed by atoms with E-state index in [1.807, 2.05) is 0 Å². The van der Waals surface area contributed by atoms with E-state index in [4.69, 9.17) is 20.2 Å².